The molecule has 0 unspecified atom stereocenters. The summed E-state index contributed by atoms with van der Waals surface area (Å²) in [5.41, 5.74) is 0.840. The molecule has 0 saturated heterocycles. The first-order chi connectivity index (χ1) is 7.20. The van der Waals surface area contributed by atoms with Crippen molar-refractivity contribution in [2.45, 2.75) is 13.3 Å². The van der Waals surface area contributed by atoms with Crippen molar-refractivity contribution in [1.82, 2.24) is 0 Å². The normalized spacial score (nSPS) is 9.20. The minimum absolute atomic E-state index is 0.134. The van der Waals surface area contributed by atoms with E-state index in [0.717, 1.165) is 11.3 Å². The van der Waals surface area contributed by atoms with Crippen molar-refractivity contribution in [3.05, 3.63) is 34.9 Å². The van der Waals surface area contributed by atoms with E-state index in [1.807, 2.05) is 24.3 Å². The molecule has 0 aliphatic carbocycles. The van der Waals surface area contributed by atoms with Gasteiger partial charge in [-0.15, -0.1) is 0 Å². The van der Waals surface area contributed by atoms with E-state index in [1.165, 1.54) is 11.8 Å². The average molecular weight is 239 g/mol. The first-order valence-electron chi connectivity index (χ1n) is 4.57. The molecule has 1 aromatic carbocycles. The Bertz CT molecular complexity index is 404. The molecule has 0 fully saturated rings. The number of thioether (sulfide) groups is 1. The molecule has 0 saturated carbocycles. The maximum Gasteiger partial charge on any atom is 0.185 e. The SMILES string of the molecule is CC(=O)SCCC#Cc1ccccc1Cl. The Morgan fingerprint density at radius 3 is 2.87 bits per heavy atom. The van der Waals surface area contributed by atoms with Crippen LogP contribution >= 0.6 is 23.4 Å². The third kappa shape index (κ3) is 4.92. The highest BCUT2D eigenvalue weighted by Gasteiger charge is 1.93. The van der Waals surface area contributed by atoms with Crippen LogP contribution in [-0.2, 0) is 4.79 Å². The largest absolute Gasteiger partial charge is 0.288 e. The molecule has 78 valence electrons. The summed E-state index contributed by atoms with van der Waals surface area (Å²) in [6, 6.07) is 7.47. The summed E-state index contributed by atoms with van der Waals surface area (Å²) in [6.07, 6.45) is 0.704. The molecule has 0 spiro atoms. The fraction of sp³-hybridized carbons (Fsp3) is 0.250. The van der Waals surface area contributed by atoms with Crippen LogP contribution in [0.3, 0.4) is 0 Å². The first-order valence-corrected chi connectivity index (χ1v) is 5.93. The highest BCUT2D eigenvalue weighted by molar-refractivity contribution is 8.13. The van der Waals surface area contributed by atoms with Crippen LogP contribution in [0.5, 0.6) is 0 Å². The highest BCUT2D eigenvalue weighted by Crippen LogP contribution is 2.13. The van der Waals surface area contributed by atoms with E-state index in [-0.39, 0.29) is 5.12 Å². The molecular weight excluding hydrogens is 228 g/mol. The quantitative estimate of drug-likeness (QED) is 0.581. The molecule has 0 aromatic heterocycles. The monoisotopic (exact) mass is 238 g/mol. The van der Waals surface area contributed by atoms with Gasteiger partial charge in [0.25, 0.3) is 0 Å². The van der Waals surface area contributed by atoms with E-state index in [9.17, 15) is 4.79 Å². The Morgan fingerprint density at radius 1 is 1.47 bits per heavy atom. The lowest BCUT2D eigenvalue weighted by molar-refractivity contribution is -0.109. The number of hydrogen-bond acceptors (Lipinski definition) is 2. The second kappa shape index (κ2) is 6.55. The molecule has 0 bridgehead atoms. The van der Waals surface area contributed by atoms with E-state index in [1.54, 1.807) is 6.92 Å². The minimum atomic E-state index is 0.134. The molecule has 3 heteroatoms. The number of benzene rings is 1. The van der Waals surface area contributed by atoms with Gasteiger partial charge in [0.15, 0.2) is 5.12 Å². The van der Waals surface area contributed by atoms with Crippen LogP contribution in [0.4, 0.5) is 0 Å². The zero-order valence-electron chi connectivity index (χ0n) is 8.42. The molecule has 0 aliphatic rings. The van der Waals surface area contributed by atoms with Crippen LogP contribution in [-0.4, -0.2) is 10.9 Å². The van der Waals surface area contributed by atoms with Crippen LogP contribution in [0.1, 0.15) is 18.9 Å². The predicted octanol–water partition coefficient (Wildman–Crippen LogP) is 3.36. The van der Waals surface area contributed by atoms with Gasteiger partial charge in [0.1, 0.15) is 0 Å². The summed E-state index contributed by atoms with van der Waals surface area (Å²) in [7, 11) is 0. The van der Waals surface area contributed by atoms with Gasteiger partial charge in [-0.05, 0) is 12.1 Å². The lowest BCUT2D eigenvalue weighted by Crippen LogP contribution is -1.84. The molecule has 1 aromatic rings. The Hall–Kier alpha value is -0.910. The van der Waals surface area contributed by atoms with Crippen LogP contribution in [0.25, 0.3) is 0 Å². The van der Waals surface area contributed by atoms with E-state index in [2.05, 4.69) is 11.8 Å². The van der Waals surface area contributed by atoms with Gasteiger partial charge < -0.3 is 0 Å². The number of carbonyl (C=O) groups excluding carboxylic acids is 1. The van der Waals surface area contributed by atoms with E-state index in [0.29, 0.717) is 11.4 Å². The fourth-order valence-electron chi connectivity index (χ4n) is 0.966. The molecule has 0 atom stereocenters. The number of hydrogen-bond donors (Lipinski definition) is 0. The number of rotatable bonds is 2. The van der Waals surface area contributed by atoms with Crippen LogP contribution < -0.4 is 0 Å². The zero-order valence-corrected chi connectivity index (χ0v) is 9.99. The summed E-state index contributed by atoms with van der Waals surface area (Å²) in [5.74, 6) is 6.71. The molecule has 0 heterocycles. The van der Waals surface area contributed by atoms with Gasteiger partial charge in [-0.2, -0.15) is 0 Å². The Labute approximate surface area is 99.2 Å². The molecule has 0 N–H and O–H groups in total. The third-order valence-electron chi connectivity index (χ3n) is 1.63. The minimum Gasteiger partial charge on any atom is -0.288 e. The van der Waals surface area contributed by atoms with Crippen molar-refractivity contribution in [3.63, 3.8) is 0 Å². The van der Waals surface area contributed by atoms with Crippen molar-refractivity contribution in [3.8, 4) is 11.8 Å². The summed E-state index contributed by atoms with van der Waals surface area (Å²) in [6.45, 7) is 1.56. The molecular formula is C12H11ClOS. The van der Waals surface area contributed by atoms with Crippen LogP contribution in [0, 0.1) is 11.8 Å². The van der Waals surface area contributed by atoms with E-state index in [4.69, 9.17) is 11.6 Å². The first kappa shape index (κ1) is 12.2. The van der Waals surface area contributed by atoms with Gasteiger partial charge in [-0.25, -0.2) is 0 Å². The highest BCUT2D eigenvalue weighted by atomic mass is 35.5. The standard InChI is InChI=1S/C12H11ClOS/c1-10(14)15-9-5-4-7-11-6-2-3-8-12(11)13/h2-3,6,8H,5,9H2,1H3. The van der Waals surface area contributed by atoms with Gasteiger partial charge in [0.2, 0.25) is 0 Å². The average Bonchev–Trinajstić information content (AvgIpc) is 2.20. The Kier molecular flexibility index (Phi) is 5.31. The number of halogens is 1. The maximum atomic E-state index is 10.6. The summed E-state index contributed by atoms with van der Waals surface area (Å²) < 4.78 is 0. The second-order valence-electron chi connectivity index (χ2n) is 2.87. The van der Waals surface area contributed by atoms with E-state index >= 15 is 0 Å². The Morgan fingerprint density at radius 2 is 2.20 bits per heavy atom. The number of carbonyl (C=O) groups is 1. The van der Waals surface area contributed by atoms with E-state index < -0.39 is 0 Å². The summed E-state index contributed by atoms with van der Waals surface area (Å²) in [5, 5.41) is 0.804. The van der Waals surface area contributed by atoms with Crippen molar-refractivity contribution in [1.29, 1.82) is 0 Å². The molecule has 0 radical (unpaired) electrons. The molecule has 0 amide bonds. The zero-order chi connectivity index (χ0) is 11.1. The summed E-state index contributed by atoms with van der Waals surface area (Å²) >= 11 is 7.22. The lowest BCUT2D eigenvalue weighted by Gasteiger charge is -1.93. The second-order valence-corrected chi connectivity index (χ2v) is 4.55. The van der Waals surface area contributed by atoms with Gasteiger partial charge in [0, 0.05) is 24.7 Å². The predicted molar refractivity (Wildman–Crippen MR) is 66.1 cm³/mol. The topological polar surface area (TPSA) is 17.1 Å². The van der Waals surface area contributed by atoms with Gasteiger partial charge in [-0.1, -0.05) is 47.3 Å². The van der Waals surface area contributed by atoms with Crippen molar-refractivity contribution in [2.24, 2.45) is 0 Å². The Balaban J connectivity index is 2.45. The smallest absolute Gasteiger partial charge is 0.185 e. The molecule has 1 nitrogen and oxygen atoms in total. The van der Waals surface area contributed by atoms with Gasteiger partial charge in [0.05, 0.1) is 5.02 Å². The molecule has 15 heavy (non-hydrogen) atoms. The van der Waals surface area contributed by atoms with Crippen LogP contribution in [0.15, 0.2) is 24.3 Å². The molecule has 1 rings (SSSR count). The van der Waals surface area contributed by atoms with Crippen molar-refractivity contribution < 1.29 is 4.79 Å². The third-order valence-corrected chi connectivity index (χ3v) is 2.77. The van der Waals surface area contributed by atoms with Crippen molar-refractivity contribution >= 4 is 28.5 Å². The maximum absolute atomic E-state index is 10.6. The van der Waals surface area contributed by atoms with Crippen LogP contribution in [0.2, 0.25) is 5.02 Å². The van der Waals surface area contributed by atoms with Gasteiger partial charge in [-0.3, -0.25) is 4.79 Å². The fourth-order valence-corrected chi connectivity index (χ4v) is 1.64. The lowest BCUT2D eigenvalue weighted by atomic mass is 10.2. The summed E-state index contributed by atoms with van der Waals surface area (Å²) in [4.78, 5) is 10.6. The van der Waals surface area contributed by atoms with Crippen molar-refractivity contribution in [2.75, 3.05) is 5.75 Å². The molecule has 0 aliphatic heterocycles. The van der Waals surface area contributed by atoms with Gasteiger partial charge >= 0.3 is 0 Å².